The lowest BCUT2D eigenvalue weighted by molar-refractivity contribution is 0.401. The lowest BCUT2D eigenvalue weighted by atomic mass is 10.0. The fourth-order valence-corrected chi connectivity index (χ4v) is 6.53. The Morgan fingerprint density at radius 2 is 1.25 bits per heavy atom. The molecule has 0 spiro atoms. The number of sulfone groups is 1. The fraction of sp³-hybridized carbons (Fsp3) is 0.111. The van der Waals surface area contributed by atoms with Crippen molar-refractivity contribution in [2.75, 3.05) is 6.26 Å². The highest BCUT2D eigenvalue weighted by Gasteiger charge is 2.25. The molecule has 0 aliphatic heterocycles. The van der Waals surface area contributed by atoms with Crippen LogP contribution in [0.15, 0.2) is 116 Å². The number of rotatable bonds is 8. The molecule has 0 aromatic heterocycles. The van der Waals surface area contributed by atoms with Crippen molar-refractivity contribution in [3.63, 3.8) is 0 Å². The summed E-state index contributed by atoms with van der Waals surface area (Å²) in [5.74, 6) is 0. The molecule has 0 bridgehead atoms. The van der Waals surface area contributed by atoms with Crippen molar-refractivity contribution < 1.29 is 16.8 Å². The molecule has 0 amide bonds. The van der Waals surface area contributed by atoms with Gasteiger partial charge in [-0.2, -0.15) is 4.31 Å². The molecule has 0 radical (unpaired) electrons. The maximum absolute atomic E-state index is 13.6. The Morgan fingerprint density at radius 3 is 1.89 bits per heavy atom. The van der Waals surface area contributed by atoms with Gasteiger partial charge >= 0.3 is 0 Å². The normalized spacial score (nSPS) is 12.1. The maximum atomic E-state index is 13.6. The Balaban J connectivity index is 1.65. The molecular weight excluding hydrogens is 626 g/mol. The highest BCUT2D eigenvalue weighted by molar-refractivity contribution is 9.10. The average molecular weight is 649 g/mol. The summed E-state index contributed by atoms with van der Waals surface area (Å²) in [6.45, 7) is 0.380. The van der Waals surface area contributed by atoms with E-state index in [-0.39, 0.29) is 22.9 Å². The number of hydrogen-bond acceptors (Lipinski definition) is 4. The van der Waals surface area contributed by atoms with Crippen LogP contribution < -0.4 is 0 Å². The first kappa shape index (κ1) is 26.8. The van der Waals surface area contributed by atoms with Gasteiger partial charge in [-0.15, -0.1) is 0 Å². The second-order valence-electron chi connectivity index (χ2n) is 8.35. The van der Waals surface area contributed by atoms with Crippen LogP contribution in [0.4, 0.5) is 0 Å². The Bertz CT molecular complexity index is 1590. The third kappa shape index (κ3) is 6.52. The number of hydrogen-bond donors (Lipinski definition) is 0. The lowest BCUT2D eigenvalue weighted by Gasteiger charge is -2.23. The minimum Gasteiger partial charge on any atom is -0.224 e. The molecule has 0 saturated heterocycles. The number of halogens is 2. The van der Waals surface area contributed by atoms with Crippen molar-refractivity contribution in [2.45, 2.75) is 22.9 Å². The average Bonchev–Trinajstić information content (AvgIpc) is 2.84. The Labute approximate surface area is 229 Å². The van der Waals surface area contributed by atoms with Gasteiger partial charge in [0.2, 0.25) is 10.0 Å². The number of nitrogens with zero attached hydrogens (tertiary/aromatic N) is 1. The topological polar surface area (TPSA) is 71.5 Å². The predicted octanol–water partition coefficient (Wildman–Crippen LogP) is 6.67. The zero-order valence-electron chi connectivity index (χ0n) is 19.3. The molecule has 186 valence electrons. The SMILES string of the molecule is CS(=O)(=O)c1cccc(-c2ccc(CN(Cc3cccc(Br)c3)S(=O)(=O)c3ccc(Br)cc3)cc2)c1. The molecule has 0 unspecified atom stereocenters. The summed E-state index contributed by atoms with van der Waals surface area (Å²) >= 11 is 6.82. The van der Waals surface area contributed by atoms with Crippen molar-refractivity contribution in [3.05, 3.63) is 117 Å². The Morgan fingerprint density at radius 1 is 0.611 bits per heavy atom. The largest absolute Gasteiger partial charge is 0.243 e. The zero-order chi connectivity index (χ0) is 25.9. The molecule has 0 saturated carbocycles. The predicted molar refractivity (Wildman–Crippen MR) is 150 cm³/mol. The molecule has 0 aliphatic rings. The molecule has 0 N–H and O–H groups in total. The van der Waals surface area contributed by atoms with E-state index in [0.717, 1.165) is 31.2 Å². The Kier molecular flexibility index (Phi) is 8.16. The van der Waals surface area contributed by atoms with Crippen molar-refractivity contribution >= 4 is 51.7 Å². The minimum absolute atomic E-state index is 0.175. The van der Waals surface area contributed by atoms with E-state index in [1.54, 1.807) is 42.5 Å². The summed E-state index contributed by atoms with van der Waals surface area (Å²) in [5.41, 5.74) is 3.30. The summed E-state index contributed by atoms with van der Waals surface area (Å²) in [4.78, 5) is 0.472. The first-order chi connectivity index (χ1) is 17.0. The summed E-state index contributed by atoms with van der Waals surface area (Å²) < 4.78 is 54.2. The molecule has 5 nitrogen and oxygen atoms in total. The molecule has 4 rings (SSSR count). The van der Waals surface area contributed by atoms with Gasteiger partial charge in [0.05, 0.1) is 9.79 Å². The van der Waals surface area contributed by atoms with Gasteiger partial charge in [0.15, 0.2) is 9.84 Å². The maximum Gasteiger partial charge on any atom is 0.243 e. The van der Waals surface area contributed by atoms with Crippen molar-refractivity contribution in [3.8, 4) is 11.1 Å². The summed E-state index contributed by atoms with van der Waals surface area (Å²) in [6, 6.07) is 28.4. The van der Waals surface area contributed by atoms with Crippen molar-refractivity contribution in [1.82, 2.24) is 4.31 Å². The van der Waals surface area contributed by atoms with Crippen LogP contribution in [0.2, 0.25) is 0 Å². The van der Waals surface area contributed by atoms with Crippen molar-refractivity contribution in [1.29, 1.82) is 0 Å². The van der Waals surface area contributed by atoms with Crippen molar-refractivity contribution in [2.24, 2.45) is 0 Å². The first-order valence-corrected chi connectivity index (χ1v) is 15.8. The summed E-state index contributed by atoms with van der Waals surface area (Å²) in [5, 5.41) is 0. The van der Waals surface area contributed by atoms with Crippen LogP contribution in [0.1, 0.15) is 11.1 Å². The number of sulfonamides is 1. The van der Waals surface area contributed by atoms with Gasteiger partial charge in [-0.05, 0) is 70.8 Å². The molecule has 0 fully saturated rings. The van der Waals surface area contributed by atoms with E-state index in [0.29, 0.717) is 0 Å². The number of benzene rings is 4. The smallest absolute Gasteiger partial charge is 0.224 e. The first-order valence-electron chi connectivity index (χ1n) is 10.9. The van der Waals surface area contributed by atoms with Crippen LogP contribution in [0, 0.1) is 0 Å². The standard InChI is InChI=1S/C27H23Br2NO4S2/c1-35(31,32)27-7-3-5-23(17-27)22-10-8-20(9-11-22)18-30(19-21-4-2-6-25(29)16-21)36(33,34)26-14-12-24(28)13-15-26/h2-17H,18-19H2,1H3. The zero-order valence-corrected chi connectivity index (χ0v) is 24.1. The van der Waals surface area contributed by atoms with Crippen LogP contribution in [-0.2, 0) is 33.0 Å². The van der Waals surface area contributed by atoms with E-state index >= 15 is 0 Å². The molecule has 9 heteroatoms. The van der Waals surface area contributed by atoms with Gasteiger partial charge in [-0.3, -0.25) is 0 Å². The molecule has 36 heavy (non-hydrogen) atoms. The molecule has 4 aromatic rings. The molecule has 0 heterocycles. The van der Waals surface area contributed by atoms with E-state index in [1.807, 2.05) is 54.6 Å². The van der Waals surface area contributed by atoms with Crippen LogP contribution in [0.3, 0.4) is 0 Å². The van der Waals surface area contributed by atoms with E-state index in [1.165, 1.54) is 10.6 Å². The molecule has 0 atom stereocenters. The van der Waals surface area contributed by atoms with Gasteiger partial charge in [-0.25, -0.2) is 16.8 Å². The van der Waals surface area contributed by atoms with E-state index < -0.39 is 19.9 Å². The van der Waals surface area contributed by atoms with Gasteiger partial charge in [0.1, 0.15) is 0 Å². The van der Waals surface area contributed by atoms with Gasteiger partial charge < -0.3 is 0 Å². The van der Waals surface area contributed by atoms with Gasteiger partial charge in [0.25, 0.3) is 0 Å². The van der Waals surface area contributed by atoms with Crippen LogP contribution in [0.25, 0.3) is 11.1 Å². The molecule has 0 aliphatic carbocycles. The van der Waals surface area contributed by atoms with Crippen LogP contribution in [-0.4, -0.2) is 27.4 Å². The van der Waals surface area contributed by atoms with E-state index in [9.17, 15) is 16.8 Å². The highest BCUT2D eigenvalue weighted by Crippen LogP contribution is 2.26. The summed E-state index contributed by atoms with van der Waals surface area (Å²) in [7, 11) is -7.10. The van der Waals surface area contributed by atoms with Crippen LogP contribution in [0.5, 0.6) is 0 Å². The fourth-order valence-electron chi connectivity index (χ4n) is 3.73. The van der Waals surface area contributed by atoms with E-state index in [4.69, 9.17) is 0 Å². The minimum atomic E-state index is -3.78. The third-order valence-electron chi connectivity index (χ3n) is 5.61. The van der Waals surface area contributed by atoms with E-state index in [2.05, 4.69) is 31.9 Å². The lowest BCUT2D eigenvalue weighted by Crippen LogP contribution is -2.30. The molecular formula is C27H23Br2NO4S2. The quantitative estimate of drug-likeness (QED) is 0.214. The monoisotopic (exact) mass is 647 g/mol. The van der Waals surface area contributed by atoms with Gasteiger partial charge in [0, 0.05) is 28.3 Å². The van der Waals surface area contributed by atoms with Gasteiger partial charge in [-0.1, -0.05) is 80.4 Å². The highest BCUT2D eigenvalue weighted by atomic mass is 79.9. The molecule has 4 aromatic carbocycles. The third-order valence-corrected chi connectivity index (χ3v) is 9.55. The second-order valence-corrected chi connectivity index (χ2v) is 14.1. The van der Waals surface area contributed by atoms with Crippen LogP contribution >= 0.6 is 31.9 Å². The summed E-state index contributed by atoms with van der Waals surface area (Å²) in [6.07, 6.45) is 1.18. The Hall–Kier alpha value is -2.30. The second kappa shape index (κ2) is 11.0.